The first-order valence-corrected chi connectivity index (χ1v) is 10.6. The zero-order chi connectivity index (χ0) is 21.9. The Labute approximate surface area is 179 Å². The van der Waals surface area contributed by atoms with E-state index in [-0.39, 0.29) is 11.9 Å². The van der Waals surface area contributed by atoms with Gasteiger partial charge in [0, 0.05) is 12.0 Å². The monoisotopic (exact) mass is 411 g/mol. The van der Waals surface area contributed by atoms with Crippen molar-refractivity contribution in [1.82, 2.24) is 4.90 Å². The van der Waals surface area contributed by atoms with Gasteiger partial charge in [-0.15, -0.1) is 0 Å². The molecular weight excluding hydrogens is 378 g/mol. The van der Waals surface area contributed by atoms with Crippen LogP contribution in [0.2, 0.25) is 0 Å². The van der Waals surface area contributed by atoms with Gasteiger partial charge in [-0.3, -0.25) is 4.79 Å². The van der Waals surface area contributed by atoms with Crippen molar-refractivity contribution in [3.05, 3.63) is 53.1 Å². The third-order valence-corrected chi connectivity index (χ3v) is 5.64. The molecule has 5 heteroatoms. The number of ether oxygens (including phenoxy) is 3. The van der Waals surface area contributed by atoms with Crippen LogP contribution in [0.5, 0.6) is 17.2 Å². The summed E-state index contributed by atoms with van der Waals surface area (Å²) in [5.41, 5.74) is 3.03. The maximum Gasteiger partial charge on any atom is 0.228 e. The molecule has 3 rings (SSSR count). The molecule has 1 amide bonds. The van der Waals surface area contributed by atoms with Crippen molar-refractivity contribution in [3.63, 3.8) is 0 Å². The van der Waals surface area contributed by atoms with E-state index in [4.69, 9.17) is 14.2 Å². The molecule has 0 aliphatic carbocycles. The van der Waals surface area contributed by atoms with Crippen LogP contribution in [0.15, 0.2) is 36.4 Å². The van der Waals surface area contributed by atoms with Gasteiger partial charge in [0.2, 0.25) is 5.91 Å². The molecular formula is C25H33NO4. The first kappa shape index (κ1) is 22.0. The molecule has 0 saturated carbocycles. The molecule has 2 aromatic carbocycles. The van der Waals surface area contributed by atoms with Crippen LogP contribution in [0.4, 0.5) is 0 Å². The zero-order valence-corrected chi connectivity index (χ0v) is 19.0. The topological polar surface area (TPSA) is 48.0 Å². The fraction of sp³-hybridized carbons (Fsp3) is 0.480. The summed E-state index contributed by atoms with van der Waals surface area (Å²) in [7, 11) is 3.27. The summed E-state index contributed by atoms with van der Waals surface area (Å²) < 4.78 is 17.2. The molecule has 0 saturated heterocycles. The van der Waals surface area contributed by atoms with E-state index in [1.165, 1.54) is 11.1 Å². The Kier molecular flexibility index (Phi) is 6.59. The van der Waals surface area contributed by atoms with Gasteiger partial charge in [-0.05, 0) is 53.8 Å². The second kappa shape index (κ2) is 8.99. The maximum absolute atomic E-state index is 13.2. The fourth-order valence-electron chi connectivity index (χ4n) is 3.88. The second-order valence-corrected chi connectivity index (χ2v) is 8.73. The van der Waals surface area contributed by atoms with Gasteiger partial charge in [-0.2, -0.15) is 0 Å². The van der Waals surface area contributed by atoms with E-state index in [0.717, 1.165) is 24.2 Å². The minimum Gasteiger partial charge on any atom is -0.493 e. The number of carbonyl (C=O) groups is 1. The van der Waals surface area contributed by atoms with Gasteiger partial charge in [0.15, 0.2) is 11.5 Å². The van der Waals surface area contributed by atoms with Crippen LogP contribution in [0.3, 0.4) is 0 Å². The highest BCUT2D eigenvalue weighted by atomic mass is 16.5. The molecule has 0 N–H and O–H groups in total. The predicted octanol–water partition coefficient (Wildman–Crippen LogP) is 4.82. The number of hydrogen-bond acceptors (Lipinski definition) is 4. The summed E-state index contributed by atoms with van der Waals surface area (Å²) in [4.78, 5) is 15.2. The van der Waals surface area contributed by atoms with E-state index in [1.807, 2.05) is 49.9 Å². The van der Waals surface area contributed by atoms with E-state index in [0.29, 0.717) is 24.7 Å². The van der Waals surface area contributed by atoms with Crippen LogP contribution in [-0.2, 0) is 17.6 Å². The number of methoxy groups -OCH3 is 2. The third kappa shape index (κ3) is 4.55. The molecule has 0 radical (unpaired) electrons. The Morgan fingerprint density at radius 2 is 1.70 bits per heavy atom. The Morgan fingerprint density at radius 3 is 2.27 bits per heavy atom. The van der Waals surface area contributed by atoms with Gasteiger partial charge in [-0.25, -0.2) is 0 Å². The standard InChI is InChI=1S/C25H33NO4/c1-7-17-8-10-19(11-9-17)30-16-21-20-15-23(29-6)22(28-5)14-18(20)12-13-26(21)24(27)25(2,3)4/h8-11,14-15,21H,7,12-13,16H2,1-6H3/t21-/m0/s1. The Balaban J connectivity index is 1.95. The summed E-state index contributed by atoms with van der Waals surface area (Å²) in [6, 6.07) is 12.0. The Hall–Kier alpha value is -2.69. The van der Waals surface area contributed by atoms with Gasteiger partial charge in [0.25, 0.3) is 0 Å². The highest BCUT2D eigenvalue weighted by Crippen LogP contribution is 2.39. The molecule has 0 spiro atoms. The van der Waals surface area contributed by atoms with Crippen molar-refractivity contribution in [2.75, 3.05) is 27.4 Å². The number of amides is 1. The summed E-state index contributed by atoms with van der Waals surface area (Å²) in [5, 5.41) is 0. The van der Waals surface area contributed by atoms with Crippen molar-refractivity contribution < 1.29 is 19.0 Å². The van der Waals surface area contributed by atoms with Crippen molar-refractivity contribution in [2.45, 2.75) is 46.6 Å². The predicted molar refractivity (Wildman–Crippen MR) is 118 cm³/mol. The van der Waals surface area contributed by atoms with Crippen LogP contribution < -0.4 is 14.2 Å². The lowest BCUT2D eigenvalue weighted by molar-refractivity contribution is -0.143. The summed E-state index contributed by atoms with van der Waals surface area (Å²) in [6.07, 6.45) is 1.77. The lowest BCUT2D eigenvalue weighted by atomic mass is 9.88. The second-order valence-electron chi connectivity index (χ2n) is 8.73. The van der Waals surface area contributed by atoms with Crippen molar-refractivity contribution in [1.29, 1.82) is 0 Å². The summed E-state index contributed by atoms with van der Waals surface area (Å²) in [6.45, 7) is 9.05. The minimum atomic E-state index is -0.463. The van der Waals surface area contributed by atoms with E-state index in [9.17, 15) is 4.79 Å². The van der Waals surface area contributed by atoms with Crippen LogP contribution in [-0.4, -0.2) is 38.2 Å². The molecule has 1 aliphatic heterocycles. The molecule has 0 unspecified atom stereocenters. The largest absolute Gasteiger partial charge is 0.493 e. The maximum atomic E-state index is 13.2. The highest BCUT2D eigenvalue weighted by molar-refractivity contribution is 5.82. The number of carbonyl (C=O) groups excluding carboxylic acids is 1. The highest BCUT2D eigenvalue weighted by Gasteiger charge is 2.37. The normalized spacial score (nSPS) is 16.1. The molecule has 1 heterocycles. The number of aryl methyl sites for hydroxylation is 1. The van der Waals surface area contributed by atoms with Gasteiger partial charge in [0.05, 0.1) is 20.3 Å². The molecule has 1 atom stereocenters. The molecule has 2 aromatic rings. The number of hydrogen-bond donors (Lipinski definition) is 0. The third-order valence-electron chi connectivity index (χ3n) is 5.64. The van der Waals surface area contributed by atoms with Gasteiger partial charge in [-0.1, -0.05) is 39.8 Å². The van der Waals surface area contributed by atoms with Crippen LogP contribution >= 0.6 is 0 Å². The molecule has 162 valence electrons. The molecule has 30 heavy (non-hydrogen) atoms. The van der Waals surface area contributed by atoms with Crippen LogP contribution in [0.1, 0.15) is 50.4 Å². The molecule has 5 nitrogen and oxygen atoms in total. The first-order valence-electron chi connectivity index (χ1n) is 10.6. The average Bonchev–Trinajstić information content (AvgIpc) is 2.75. The summed E-state index contributed by atoms with van der Waals surface area (Å²) >= 11 is 0. The van der Waals surface area contributed by atoms with Crippen molar-refractivity contribution in [2.24, 2.45) is 5.41 Å². The average molecular weight is 412 g/mol. The Morgan fingerprint density at radius 1 is 1.07 bits per heavy atom. The van der Waals surface area contributed by atoms with Gasteiger partial charge < -0.3 is 19.1 Å². The number of rotatable bonds is 6. The van der Waals surface area contributed by atoms with Crippen molar-refractivity contribution >= 4 is 5.91 Å². The SMILES string of the molecule is CCc1ccc(OC[C@H]2c3cc(OC)c(OC)cc3CCN2C(=O)C(C)(C)C)cc1. The van der Waals surface area contributed by atoms with Gasteiger partial charge in [0.1, 0.15) is 12.4 Å². The van der Waals surface area contributed by atoms with Crippen molar-refractivity contribution in [3.8, 4) is 17.2 Å². The smallest absolute Gasteiger partial charge is 0.228 e. The molecule has 0 aromatic heterocycles. The first-order chi connectivity index (χ1) is 14.3. The number of fused-ring (bicyclic) bond motifs is 1. The van der Waals surface area contributed by atoms with Crippen LogP contribution in [0.25, 0.3) is 0 Å². The van der Waals surface area contributed by atoms with E-state index >= 15 is 0 Å². The Bertz CT molecular complexity index is 883. The minimum absolute atomic E-state index is 0.123. The van der Waals surface area contributed by atoms with E-state index in [1.54, 1.807) is 14.2 Å². The molecule has 0 bridgehead atoms. The molecule has 1 aliphatic rings. The van der Waals surface area contributed by atoms with Crippen LogP contribution in [0, 0.1) is 5.41 Å². The molecule has 0 fully saturated rings. The fourth-order valence-corrected chi connectivity index (χ4v) is 3.88. The lowest BCUT2D eigenvalue weighted by Crippen LogP contribution is -2.47. The van der Waals surface area contributed by atoms with E-state index < -0.39 is 5.41 Å². The lowest BCUT2D eigenvalue weighted by Gasteiger charge is -2.40. The van der Waals surface area contributed by atoms with E-state index in [2.05, 4.69) is 19.1 Å². The number of nitrogens with zero attached hydrogens (tertiary/aromatic N) is 1. The quantitative estimate of drug-likeness (QED) is 0.684. The summed E-state index contributed by atoms with van der Waals surface area (Å²) in [5.74, 6) is 2.31. The number of benzene rings is 2. The van der Waals surface area contributed by atoms with Gasteiger partial charge >= 0.3 is 0 Å². The zero-order valence-electron chi connectivity index (χ0n) is 19.0.